The van der Waals surface area contributed by atoms with E-state index < -0.39 is 0 Å². The number of hydrogen-bond acceptors (Lipinski definition) is 3. The number of fused-ring (bicyclic) bond motifs is 1. The van der Waals surface area contributed by atoms with Crippen molar-refractivity contribution in [1.82, 2.24) is 10.2 Å². The Balaban J connectivity index is 1.69. The number of nitrogens with one attached hydrogen (secondary N) is 1. The van der Waals surface area contributed by atoms with Crippen LogP contribution in [-0.2, 0) is 13.0 Å². The van der Waals surface area contributed by atoms with Gasteiger partial charge in [0.05, 0.1) is 0 Å². The van der Waals surface area contributed by atoms with E-state index in [-0.39, 0.29) is 5.60 Å². The highest BCUT2D eigenvalue weighted by atomic mass is 16.5. The predicted octanol–water partition coefficient (Wildman–Crippen LogP) is 2.97. The molecule has 1 N–H and O–H groups in total. The molecule has 2 aliphatic heterocycles. The van der Waals surface area contributed by atoms with E-state index in [0.29, 0.717) is 5.54 Å². The molecule has 1 saturated heterocycles. The van der Waals surface area contributed by atoms with Crippen molar-refractivity contribution in [3.8, 4) is 5.75 Å². The lowest BCUT2D eigenvalue weighted by Gasteiger charge is -2.39. The van der Waals surface area contributed by atoms with Crippen LogP contribution >= 0.6 is 0 Å². The number of likely N-dealkylation sites (tertiary alicyclic amines) is 1. The van der Waals surface area contributed by atoms with Crippen molar-refractivity contribution in [1.29, 1.82) is 0 Å². The molecule has 2 heterocycles. The summed E-state index contributed by atoms with van der Waals surface area (Å²) < 4.78 is 6.19. The van der Waals surface area contributed by atoms with Gasteiger partial charge < -0.3 is 10.1 Å². The van der Waals surface area contributed by atoms with Crippen LogP contribution in [0.3, 0.4) is 0 Å². The van der Waals surface area contributed by atoms with Crippen LogP contribution in [-0.4, -0.2) is 36.2 Å². The van der Waals surface area contributed by atoms with Gasteiger partial charge in [-0.05, 0) is 46.2 Å². The average Bonchev–Trinajstić information content (AvgIpc) is 2.77. The Labute approximate surface area is 128 Å². The van der Waals surface area contributed by atoms with Crippen LogP contribution in [0.4, 0.5) is 0 Å². The van der Waals surface area contributed by atoms with E-state index >= 15 is 0 Å². The molecule has 3 rings (SSSR count). The van der Waals surface area contributed by atoms with E-state index in [0.717, 1.165) is 31.8 Å². The molecule has 1 fully saturated rings. The molecule has 0 aliphatic carbocycles. The number of ether oxygens (including phenoxy) is 1. The largest absolute Gasteiger partial charge is 0.487 e. The minimum Gasteiger partial charge on any atom is -0.487 e. The van der Waals surface area contributed by atoms with Gasteiger partial charge in [0.25, 0.3) is 0 Å². The SMILES string of the molecule is CNC1(C)CCN(Cc2cccc3c2OC(C)(C)C3)CC1. The summed E-state index contributed by atoms with van der Waals surface area (Å²) in [7, 11) is 2.08. The quantitative estimate of drug-likeness (QED) is 0.925. The van der Waals surface area contributed by atoms with E-state index in [2.05, 4.69) is 56.2 Å². The molecule has 0 atom stereocenters. The molecule has 0 bridgehead atoms. The Bertz CT molecular complexity index is 516. The van der Waals surface area contributed by atoms with Gasteiger partial charge in [-0.2, -0.15) is 0 Å². The number of benzene rings is 1. The van der Waals surface area contributed by atoms with Gasteiger partial charge in [-0.1, -0.05) is 18.2 Å². The smallest absolute Gasteiger partial charge is 0.127 e. The van der Waals surface area contributed by atoms with Crippen molar-refractivity contribution in [3.05, 3.63) is 29.3 Å². The molecule has 0 saturated carbocycles. The number of para-hydroxylation sites is 1. The first kappa shape index (κ1) is 14.9. The molecule has 0 amide bonds. The maximum Gasteiger partial charge on any atom is 0.127 e. The maximum atomic E-state index is 6.19. The zero-order valence-corrected chi connectivity index (χ0v) is 13.8. The zero-order chi connectivity index (χ0) is 15.1. The fraction of sp³-hybridized carbons (Fsp3) is 0.667. The fourth-order valence-electron chi connectivity index (χ4n) is 3.50. The van der Waals surface area contributed by atoms with E-state index in [1.54, 1.807) is 0 Å². The third-order valence-corrected chi connectivity index (χ3v) is 5.13. The first-order chi connectivity index (χ1) is 9.91. The Morgan fingerprint density at radius 3 is 2.57 bits per heavy atom. The summed E-state index contributed by atoms with van der Waals surface area (Å²) in [6.07, 6.45) is 3.45. The van der Waals surface area contributed by atoms with Crippen LogP contribution in [0.25, 0.3) is 0 Å². The molecule has 0 unspecified atom stereocenters. The maximum absolute atomic E-state index is 6.19. The normalized spacial score (nSPS) is 23.6. The second-order valence-electron chi connectivity index (χ2n) is 7.53. The summed E-state index contributed by atoms with van der Waals surface area (Å²) in [5.74, 6) is 1.14. The van der Waals surface area contributed by atoms with Gasteiger partial charge in [-0.3, -0.25) is 4.90 Å². The number of piperidine rings is 1. The van der Waals surface area contributed by atoms with Gasteiger partial charge in [0.15, 0.2) is 0 Å². The summed E-state index contributed by atoms with van der Waals surface area (Å²) in [6, 6.07) is 6.62. The van der Waals surface area contributed by atoms with Crippen molar-refractivity contribution < 1.29 is 4.74 Å². The summed E-state index contributed by atoms with van der Waals surface area (Å²) >= 11 is 0. The molecule has 0 spiro atoms. The van der Waals surface area contributed by atoms with Gasteiger partial charge in [-0.15, -0.1) is 0 Å². The lowest BCUT2D eigenvalue weighted by Crippen LogP contribution is -2.49. The lowest BCUT2D eigenvalue weighted by atomic mass is 9.89. The van der Waals surface area contributed by atoms with Crippen molar-refractivity contribution >= 4 is 0 Å². The molecule has 1 aromatic rings. The van der Waals surface area contributed by atoms with E-state index in [1.807, 2.05) is 0 Å². The topological polar surface area (TPSA) is 24.5 Å². The van der Waals surface area contributed by atoms with Crippen LogP contribution in [0.1, 0.15) is 44.7 Å². The van der Waals surface area contributed by atoms with E-state index in [9.17, 15) is 0 Å². The fourth-order valence-corrected chi connectivity index (χ4v) is 3.50. The Hall–Kier alpha value is -1.06. The zero-order valence-electron chi connectivity index (χ0n) is 13.8. The summed E-state index contributed by atoms with van der Waals surface area (Å²) in [5.41, 5.74) is 2.99. The second-order valence-corrected chi connectivity index (χ2v) is 7.53. The highest BCUT2D eigenvalue weighted by molar-refractivity contribution is 5.45. The number of nitrogens with zero attached hydrogens (tertiary/aromatic N) is 1. The Morgan fingerprint density at radius 1 is 1.19 bits per heavy atom. The standard InChI is InChI=1S/C18H28N2O/c1-17(2)12-14-6-5-7-15(16(14)21-17)13-20-10-8-18(3,19-4)9-11-20/h5-7,19H,8-13H2,1-4H3. The van der Waals surface area contributed by atoms with Crippen molar-refractivity contribution in [2.75, 3.05) is 20.1 Å². The molecule has 0 radical (unpaired) electrons. The van der Waals surface area contributed by atoms with Gasteiger partial charge in [0.1, 0.15) is 11.4 Å². The summed E-state index contributed by atoms with van der Waals surface area (Å²) in [5, 5.41) is 3.47. The molecule has 2 aliphatic rings. The van der Waals surface area contributed by atoms with Gasteiger partial charge in [-0.25, -0.2) is 0 Å². The number of hydrogen-bond donors (Lipinski definition) is 1. The first-order valence-electron chi connectivity index (χ1n) is 8.12. The molecular formula is C18H28N2O. The average molecular weight is 288 g/mol. The molecule has 3 nitrogen and oxygen atoms in total. The van der Waals surface area contributed by atoms with E-state index in [4.69, 9.17) is 4.74 Å². The van der Waals surface area contributed by atoms with Gasteiger partial charge in [0.2, 0.25) is 0 Å². The molecule has 1 aromatic carbocycles. The van der Waals surface area contributed by atoms with Gasteiger partial charge >= 0.3 is 0 Å². The Morgan fingerprint density at radius 2 is 1.90 bits per heavy atom. The second kappa shape index (κ2) is 5.29. The van der Waals surface area contributed by atoms with Crippen molar-refractivity contribution in [2.24, 2.45) is 0 Å². The summed E-state index contributed by atoms with van der Waals surface area (Å²) in [4.78, 5) is 2.56. The molecule has 3 heteroatoms. The van der Waals surface area contributed by atoms with Crippen LogP contribution in [0.5, 0.6) is 5.75 Å². The third-order valence-electron chi connectivity index (χ3n) is 5.13. The van der Waals surface area contributed by atoms with Crippen LogP contribution in [0, 0.1) is 0 Å². The third kappa shape index (κ3) is 3.09. The van der Waals surface area contributed by atoms with Crippen LogP contribution in [0.15, 0.2) is 18.2 Å². The van der Waals surface area contributed by atoms with Crippen LogP contribution < -0.4 is 10.1 Å². The Kier molecular flexibility index (Phi) is 3.74. The molecule has 116 valence electrons. The minimum atomic E-state index is -0.0506. The number of rotatable bonds is 3. The predicted molar refractivity (Wildman–Crippen MR) is 86.8 cm³/mol. The minimum absolute atomic E-state index is 0.0506. The monoisotopic (exact) mass is 288 g/mol. The van der Waals surface area contributed by atoms with Crippen molar-refractivity contribution in [2.45, 2.75) is 57.7 Å². The first-order valence-corrected chi connectivity index (χ1v) is 8.12. The molecule has 0 aromatic heterocycles. The highest BCUT2D eigenvalue weighted by Crippen LogP contribution is 2.38. The van der Waals surface area contributed by atoms with Crippen LogP contribution in [0.2, 0.25) is 0 Å². The lowest BCUT2D eigenvalue weighted by molar-refractivity contribution is 0.128. The summed E-state index contributed by atoms with van der Waals surface area (Å²) in [6.45, 7) is 10.0. The molecular weight excluding hydrogens is 260 g/mol. The van der Waals surface area contributed by atoms with Crippen molar-refractivity contribution in [3.63, 3.8) is 0 Å². The molecule has 21 heavy (non-hydrogen) atoms. The van der Waals surface area contributed by atoms with E-state index in [1.165, 1.54) is 24.0 Å². The highest BCUT2D eigenvalue weighted by Gasteiger charge is 2.33. The van der Waals surface area contributed by atoms with Gasteiger partial charge in [0, 0.05) is 37.2 Å².